The van der Waals surface area contributed by atoms with E-state index < -0.39 is 0 Å². The predicted octanol–water partition coefficient (Wildman–Crippen LogP) is 1.63. The van der Waals surface area contributed by atoms with Crippen molar-refractivity contribution in [3.63, 3.8) is 0 Å². The van der Waals surface area contributed by atoms with Gasteiger partial charge < -0.3 is 15.5 Å². The van der Waals surface area contributed by atoms with Crippen LogP contribution in [-0.4, -0.2) is 60.5 Å². The minimum absolute atomic E-state index is 0.00431. The summed E-state index contributed by atoms with van der Waals surface area (Å²) < 4.78 is 0. The summed E-state index contributed by atoms with van der Waals surface area (Å²) in [5.41, 5.74) is 1.78. The first-order valence-corrected chi connectivity index (χ1v) is 8.70. The normalized spacial score (nSPS) is 21.2. The monoisotopic (exact) mass is 370 g/mol. The average Bonchev–Trinajstić information content (AvgIpc) is 2.53. The van der Waals surface area contributed by atoms with Crippen LogP contribution < -0.4 is 10.6 Å². The summed E-state index contributed by atoms with van der Waals surface area (Å²) in [5, 5.41) is 6.85. The zero-order valence-corrected chi connectivity index (χ0v) is 15.0. The summed E-state index contributed by atoms with van der Waals surface area (Å²) in [6.07, 6.45) is 0. The number of nitrogens with zero attached hydrogens (tertiary/aromatic N) is 2. The number of hydrogen-bond acceptors (Lipinski definition) is 3. The highest BCUT2D eigenvalue weighted by atomic mass is 35.5. The number of carbonyl (C=O) groups excluding carboxylic acids is 2. The van der Waals surface area contributed by atoms with Gasteiger partial charge >= 0.3 is 6.03 Å². The summed E-state index contributed by atoms with van der Waals surface area (Å²) >= 11 is 12.2. The van der Waals surface area contributed by atoms with E-state index in [1.807, 2.05) is 13.0 Å². The van der Waals surface area contributed by atoms with Gasteiger partial charge in [-0.3, -0.25) is 9.69 Å². The molecular weight excluding hydrogens is 351 g/mol. The van der Waals surface area contributed by atoms with Gasteiger partial charge in [0.15, 0.2) is 0 Å². The van der Waals surface area contributed by atoms with Gasteiger partial charge in [0.25, 0.3) is 0 Å². The molecule has 0 aliphatic carbocycles. The van der Waals surface area contributed by atoms with Crippen molar-refractivity contribution >= 4 is 35.1 Å². The van der Waals surface area contributed by atoms with Crippen LogP contribution in [0.4, 0.5) is 4.79 Å². The molecule has 0 bridgehead atoms. The van der Waals surface area contributed by atoms with Crippen LogP contribution in [0.3, 0.4) is 0 Å². The largest absolute Gasteiger partial charge is 0.353 e. The maximum Gasteiger partial charge on any atom is 0.317 e. The highest BCUT2D eigenvalue weighted by Crippen LogP contribution is 2.25. The Hall–Kier alpha value is -1.50. The fourth-order valence-corrected chi connectivity index (χ4v) is 3.86. The fourth-order valence-electron chi connectivity index (χ4n) is 3.19. The third-order valence-electron chi connectivity index (χ3n) is 4.58. The Kier molecular flexibility index (Phi) is 5.18. The molecule has 6 nitrogen and oxygen atoms in total. The number of aryl methyl sites for hydroxylation is 1. The molecular formula is C16H20Cl2N4O2. The molecule has 24 heavy (non-hydrogen) atoms. The number of nitrogens with one attached hydrogen (secondary N) is 2. The van der Waals surface area contributed by atoms with Crippen molar-refractivity contribution in [2.24, 2.45) is 0 Å². The van der Waals surface area contributed by atoms with Crippen molar-refractivity contribution in [3.8, 4) is 0 Å². The number of urea groups is 1. The Bertz CT molecular complexity index is 644. The second-order valence-electron chi connectivity index (χ2n) is 6.13. The van der Waals surface area contributed by atoms with Gasteiger partial charge in [-0.15, -0.1) is 0 Å². The highest BCUT2D eigenvalue weighted by molar-refractivity contribution is 6.35. The van der Waals surface area contributed by atoms with E-state index in [1.165, 1.54) is 0 Å². The van der Waals surface area contributed by atoms with Crippen molar-refractivity contribution in [1.82, 2.24) is 20.4 Å². The molecule has 2 saturated heterocycles. The molecule has 0 aromatic heterocycles. The molecule has 1 aromatic rings. The zero-order chi connectivity index (χ0) is 17.3. The molecule has 2 N–H and O–H groups in total. The van der Waals surface area contributed by atoms with E-state index >= 15 is 0 Å². The highest BCUT2D eigenvalue weighted by Gasteiger charge is 2.36. The molecule has 2 aliphatic rings. The van der Waals surface area contributed by atoms with Crippen LogP contribution in [0.2, 0.25) is 10.0 Å². The van der Waals surface area contributed by atoms with Crippen molar-refractivity contribution in [2.75, 3.05) is 32.7 Å². The molecule has 1 unspecified atom stereocenters. The maximum atomic E-state index is 12.4. The Labute approximate surface area is 151 Å². The predicted molar refractivity (Wildman–Crippen MR) is 93.4 cm³/mol. The first kappa shape index (κ1) is 17.3. The van der Waals surface area contributed by atoms with Gasteiger partial charge in [-0.05, 0) is 30.2 Å². The fraction of sp³-hybridized carbons (Fsp3) is 0.500. The molecule has 3 amide bonds. The second-order valence-corrected chi connectivity index (χ2v) is 6.97. The molecule has 0 radical (unpaired) electrons. The van der Waals surface area contributed by atoms with Crippen molar-refractivity contribution < 1.29 is 9.59 Å². The summed E-state index contributed by atoms with van der Waals surface area (Å²) in [6, 6.07) is 3.06. The lowest BCUT2D eigenvalue weighted by atomic mass is 10.1. The first-order valence-electron chi connectivity index (χ1n) is 7.95. The van der Waals surface area contributed by atoms with Crippen LogP contribution in [0.25, 0.3) is 0 Å². The Balaban J connectivity index is 1.61. The molecule has 1 aromatic carbocycles. The molecule has 130 valence electrons. The quantitative estimate of drug-likeness (QED) is 0.831. The molecule has 2 heterocycles. The Morgan fingerprint density at radius 2 is 2.12 bits per heavy atom. The lowest BCUT2D eigenvalue weighted by molar-refractivity contribution is -0.131. The van der Waals surface area contributed by atoms with Crippen LogP contribution in [0.5, 0.6) is 0 Å². The number of amides is 3. The van der Waals surface area contributed by atoms with Gasteiger partial charge in [0.1, 0.15) is 6.04 Å². The lowest BCUT2D eigenvalue weighted by Crippen LogP contribution is -2.65. The van der Waals surface area contributed by atoms with Gasteiger partial charge in [0.2, 0.25) is 5.91 Å². The van der Waals surface area contributed by atoms with E-state index in [4.69, 9.17) is 23.2 Å². The lowest BCUT2D eigenvalue weighted by Gasteiger charge is -2.42. The summed E-state index contributed by atoms with van der Waals surface area (Å²) in [7, 11) is 0. The second kappa shape index (κ2) is 7.17. The van der Waals surface area contributed by atoms with Gasteiger partial charge in [0, 0.05) is 49.3 Å². The van der Waals surface area contributed by atoms with Gasteiger partial charge in [-0.25, -0.2) is 4.79 Å². The third kappa shape index (κ3) is 3.61. The van der Waals surface area contributed by atoms with Crippen LogP contribution >= 0.6 is 23.2 Å². The van der Waals surface area contributed by atoms with Gasteiger partial charge in [-0.1, -0.05) is 23.2 Å². The zero-order valence-electron chi connectivity index (χ0n) is 13.4. The number of rotatable bonds is 2. The molecule has 2 aliphatic heterocycles. The van der Waals surface area contributed by atoms with Gasteiger partial charge in [-0.2, -0.15) is 0 Å². The molecule has 1 atom stereocenters. The van der Waals surface area contributed by atoms with Crippen molar-refractivity contribution in [3.05, 3.63) is 33.3 Å². The third-order valence-corrected chi connectivity index (χ3v) is 5.13. The van der Waals surface area contributed by atoms with E-state index in [0.29, 0.717) is 42.8 Å². The van der Waals surface area contributed by atoms with E-state index in [9.17, 15) is 9.59 Å². The van der Waals surface area contributed by atoms with E-state index in [1.54, 1.807) is 11.0 Å². The van der Waals surface area contributed by atoms with Crippen LogP contribution in [-0.2, 0) is 11.3 Å². The van der Waals surface area contributed by atoms with E-state index in [-0.39, 0.29) is 18.0 Å². The molecule has 8 heteroatoms. The number of fused-ring (bicyclic) bond motifs is 1. The molecule has 0 saturated carbocycles. The standard InChI is InChI=1S/C16H20Cl2N4O2/c1-10-6-11(17)7-13(18)12(10)8-20-16(24)22-5-4-21-3-2-19-15(23)14(21)9-22/h6-7,14H,2-5,8-9H2,1H3,(H,19,23)(H,20,24). The Morgan fingerprint density at radius 3 is 2.88 bits per heavy atom. The maximum absolute atomic E-state index is 12.4. The smallest absolute Gasteiger partial charge is 0.317 e. The van der Waals surface area contributed by atoms with Crippen LogP contribution in [0.1, 0.15) is 11.1 Å². The summed E-state index contributed by atoms with van der Waals surface area (Å²) in [4.78, 5) is 28.2. The van der Waals surface area contributed by atoms with Crippen LogP contribution in [0.15, 0.2) is 12.1 Å². The minimum Gasteiger partial charge on any atom is -0.353 e. The van der Waals surface area contributed by atoms with E-state index in [0.717, 1.165) is 17.7 Å². The van der Waals surface area contributed by atoms with Crippen molar-refractivity contribution in [1.29, 1.82) is 0 Å². The van der Waals surface area contributed by atoms with Crippen LogP contribution in [0, 0.1) is 6.92 Å². The number of benzene rings is 1. The molecule has 2 fully saturated rings. The van der Waals surface area contributed by atoms with E-state index in [2.05, 4.69) is 15.5 Å². The number of piperazine rings is 2. The Morgan fingerprint density at radius 1 is 1.33 bits per heavy atom. The topological polar surface area (TPSA) is 64.7 Å². The molecule has 0 spiro atoms. The summed E-state index contributed by atoms with van der Waals surface area (Å²) in [5.74, 6) is -0.00431. The number of carbonyl (C=O) groups is 2. The SMILES string of the molecule is Cc1cc(Cl)cc(Cl)c1CNC(=O)N1CCN2CCNC(=O)C2C1. The van der Waals surface area contributed by atoms with Crippen molar-refractivity contribution in [2.45, 2.75) is 19.5 Å². The summed E-state index contributed by atoms with van der Waals surface area (Å²) in [6.45, 7) is 5.49. The number of hydrogen-bond donors (Lipinski definition) is 2. The average molecular weight is 371 g/mol. The first-order chi connectivity index (χ1) is 11.5. The van der Waals surface area contributed by atoms with Gasteiger partial charge in [0.05, 0.1) is 0 Å². The molecule has 3 rings (SSSR count). The number of halogens is 2. The minimum atomic E-state index is -0.251.